The van der Waals surface area contributed by atoms with Gasteiger partial charge in [0, 0.05) is 37.9 Å². The molecule has 1 amide bonds. The van der Waals surface area contributed by atoms with Crippen LogP contribution in [0.15, 0.2) is 30.6 Å². The molecule has 1 saturated heterocycles. The lowest BCUT2D eigenvalue weighted by Gasteiger charge is -2.26. The molecular formula is C19H25N5O4. The van der Waals surface area contributed by atoms with Crippen molar-refractivity contribution in [2.75, 3.05) is 58.9 Å². The van der Waals surface area contributed by atoms with Crippen LogP contribution in [0, 0.1) is 0 Å². The van der Waals surface area contributed by atoms with Gasteiger partial charge in [-0.15, -0.1) is 0 Å². The van der Waals surface area contributed by atoms with Crippen molar-refractivity contribution in [3.63, 3.8) is 0 Å². The lowest BCUT2D eigenvalue weighted by Crippen LogP contribution is -2.41. The highest BCUT2D eigenvalue weighted by Crippen LogP contribution is 2.30. The molecule has 0 radical (unpaired) electrons. The maximum atomic E-state index is 12.2. The van der Waals surface area contributed by atoms with E-state index in [9.17, 15) is 4.79 Å². The quantitative estimate of drug-likeness (QED) is 0.700. The van der Waals surface area contributed by atoms with Gasteiger partial charge < -0.3 is 24.8 Å². The third-order valence-corrected chi connectivity index (χ3v) is 4.36. The molecule has 2 heterocycles. The molecule has 2 aromatic rings. The Morgan fingerprint density at radius 2 is 1.93 bits per heavy atom. The Kier molecular flexibility index (Phi) is 6.99. The molecule has 1 aliphatic heterocycles. The predicted octanol–water partition coefficient (Wildman–Crippen LogP) is 1.30. The van der Waals surface area contributed by atoms with Crippen LogP contribution in [0.5, 0.6) is 11.5 Å². The van der Waals surface area contributed by atoms with Gasteiger partial charge in [-0.3, -0.25) is 9.69 Å². The van der Waals surface area contributed by atoms with Gasteiger partial charge in [-0.25, -0.2) is 9.97 Å². The molecule has 0 spiro atoms. The van der Waals surface area contributed by atoms with E-state index in [4.69, 9.17) is 14.2 Å². The van der Waals surface area contributed by atoms with Crippen molar-refractivity contribution >= 4 is 17.4 Å². The minimum absolute atomic E-state index is 0.238. The van der Waals surface area contributed by atoms with Crippen molar-refractivity contribution in [2.45, 2.75) is 0 Å². The molecule has 0 bridgehead atoms. The zero-order valence-corrected chi connectivity index (χ0v) is 16.1. The summed E-state index contributed by atoms with van der Waals surface area (Å²) in [5, 5.41) is 5.99. The van der Waals surface area contributed by atoms with E-state index in [1.165, 1.54) is 12.4 Å². The van der Waals surface area contributed by atoms with Crippen LogP contribution in [-0.4, -0.2) is 74.4 Å². The molecule has 0 aliphatic carbocycles. The van der Waals surface area contributed by atoms with Crippen molar-refractivity contribution in [3.05, 3.63) is 36.3 Å². The van der Waals surface area contributed by atoms with E-state index in [-0.39, 0.29) is 11.6 Å². The van der Waals surface area contributed by atoms with Crippen LogP contribution in [0.25, 0.3) is 0 Å². The van der Waals surface area contributed by atoms with Crippen LogP contribution < -0.4 is 20.1 Å². The van der Waals surface area contributed by atoms with E-state index in [0.29, 0.717) is 23.9 Å². The fraction of sp³-hybridized carbons (Fsp3) is 0.421. The summed E-state index contributed by atoms with van der Waals surface area (Å²) < 4.78 is 15.8. The van der Waals surface area contributed by atoms with Crippen LogP contribution in [0.2, 0.25) is 0 Å². The normalized spacial score (nSPS) is 14.4. The van der Waals surface area contributed by atoms with Gasteiger partial charge in [0.15, 0.2) is 11.5 Å². The SMILES string of the molecule is COc1ccc(Nc2cnc(C(=O)NCCN3CCOCC3)cn2)cc1OC. The maximum absolute atomic E-state index is 12.2. The molecule has 1 aliphatic rings. The Morgan fingerprint density at radius 3 is 2.61 bits per heavy atom. The Labute approximate surface area is 164 Å². The number of carbonyl (C=O) groups is 1. The average molecular weight is 387 g/mol. The fourth-order valence-corrected chi connectivity index (χ4v) is 2.81. The van der Waals surface area contributed by atoms with Gasteiger partial charge >= 0.3 is 0 Å². The minimum atomic E-state index is -0.238. The van der Waals surface area contributed by atoms with E-state index in [1.54, 1.807) is 26.4 Å². The van der Waals surface area contributed by atoms with E-state index in [2.05, 4.69) is 25.5 Å². The molecule has 2 N–H and O–H groups in total. The van der Waals surface area contributed by atoms with Crippen LogP contribution in [0.4, 0.5) is 11.5 Å². The first-order valence-electron chi connectivity index (χ1n) is 9.09. The van der Waals surface area contributed by atoms with Crippen LogP contribution in [0.3, 0.4) is 0 Å². The minimum Gasteiger partial charge on any atom is -0.493 e. The van der Waals surface area contributed by atoms with Gasteiger partial charge in [0.2, 0.25) is 0 Å². The third kappa shape index (κ3) is 5.30. The molecule has 1 aromatic carbocycles. The van der Waals surface area contributed by atoms with Gasteiger partial charge in [-0.2, -0.15) is 0 Å². The van der Waals surface area contributed by atoms with Crippen LogP contribution >= 0.6 is 0 Å². The van der Waals surface area contributed by atoms with E-state index in [0.717, 1.165) is 38.5 Å². The number of aromatic nitrogens is 2. The number of rotatable bonds is 8. The summed E-state index contributed by atoms with van der Waals surface area (Å²) in [5.74, 6) is 1.54. The van der Waals surface area contributed by atoms with E-state index in [1.807, 2.05) is 6.07 Å². The Balaban J connectivity index is 1.52. The lowest BCUT2D eigenvalue weighted by molar-refractivity contribution is 0.0383. The van der Waals surface area contributed by atoms with Gasteiger partial charge in [0.05, 0.1) is 39.8 Å². The number of hydrogen-bond acceptors (Lipinski definition) is 8. The number of nitrogens with zero attached hydrogens (tertiary/aromatic N) is 3. The van der Waals surface area contributed by atoms with Crippen molar-refractivity contribution in [1.82, 2.24) is 20.2 Å². The lowest BCUT2D eigenvalue weighted by atomic mass is 10.2. The average Bonchev–Trinajstić information content (AvgIpc) is 2.75. The summed E-state index contributed by atoms with van der Waals surface area (Å²) in [4.78, 5) is 22.9. The summed E-state index contributed by atoms with van der Waals surface area (Å²) in [6.45, 7) is 4.63. The van der Waals surface area contributed by atoms with Crippen molar-refractivity contribution < 1.29 is 19.0 Å². The number of benzene rings is 1. The molecule has 9 heteroatoms. The number of nitrogens with one attached hydrogen (secondary N) is 2. The molecule has 28 heavy (non-hydrogen) atoms. The summed E-state index contributed by atoms with van der Waals surface area (Å²) in [5.41, 5.74) is 1.05. The summed E-state index contributed by atoms with van der Waals surface area (Å²) in [6.07, 6.45) is 2.97. The Bertz CT molecular complexity index is 778. The highest BCUT2D eigenvalue weighted by Gasteiger charge is 2.12. The molecule has 150 valence electrons. The van der Waals surface area contributed by atoms with Crippen molar-refractivity contribution in [3.8, 4) is 11.5 Å². The topological polar surface area (TPSA) is 97.8 Å². The molecule has 0 unspecified atom stereocenters. The number of hydrogen-bond donors (Lipinski definition) is 2. The zero-order valence-electron chi connectivity index (χ0n) is 16.1. The second-order valence-corrected chi connectivity index (χ2v) is 6.19. The summed E-state index contributed by atoms with van der Waals surface area (Å²) in [6, 6.07) is 5.44. The van der Waals surface area contributed by atoms with Crippen molar-refractivity contribution in [2.24, 2.45) is 0 Å². The molecule has 1 fully saturated rings. The second-order valence-electron chi connectivity index (χ2n) is 6.19. The zero-order chi connectivity index (χ0) is 19.8. The highest BCUT2D eigenvalue weighted by atomic mass is 16.5. The second kappa shape index (κ2) is 9.86. The molecule has 3 rings (SSSR count). The van der Waals surface area contributed by atoms with E-state index >= 15 is 0 Å². The van der Waals surface area contributed by atoms with Crippen molar-refractivity contribution in [1.29, 1.82) is 0 Å². The fourth-order valence-electron chi connectivity index (χ4n) is 2.81. The van der Waals surface area contributed by atoms with Crippen LogP contribution in [-0.2, 0) is 4.74 Å². The first-order chi connectivity index (χ1) is 13.7. The molecule has 0 atom stereocenters. The summed E-state index contributed by atoms with van der Waals surface area (Å²) in [7, 11) is 3.16. The molecule has 0 saturated carbocycles. The Hall–Kier alpha value is -2.91. The number of methoxy groups -OCH3 is 2. The standard InChI is InChI=1S/C19H25N5O4/c1-26-16-4-3-14(11-17(16)27-2)23-18-13-21-15(12-22-18)19(25)20-5-6-24-7-9-28-10-8-24/h3-4,11-13H,5-10H2,1-2H3,(H,20,25)(H,22,23). The predicted molar refractivity (Wildman–Crippen MR) is 104 cm³/mol. The van der Waals surface area contributed by atoms with Gasteiger partial charge in [-0.05, 0) is 12.1 Å². The summed E-state index contributed by atoms with van der Waals surface area (Å²) >= 11 is 0. The van der Waals surface area contributed by atoms with Gasteiger partial charge in [0.25, 0.3) is 5.91 Å². The largest absolute Gasteiger partial charge is 0.493 e. The van der Waals surface area contributed by atoms with E-state index < -0.39 is 0 Å². The third-order valence-electron chi connectivity index (χ3n) is 4.36. The highest BCUT2D eigenvalue weighted by molar-refractivity contribution is 5.92. The molecule has 1 aromatic heterocycles. The Morgan fingerprint density at radius 1 is 1.14 bits per heavy atom. The van der Waals surface area contributed by atoms with Crippen LogP contribution in [0.1, 0.15) is 10.5 Å². The number of anilines is 2. The van der Waals surface area contributed by atoms with Gasteiger partial charge in [-0.1, -0.05) is 0 Å². The number of morpholine rings is 1. The number of carbonyl (C=O) groups excluding carboxylic acids is 1. The monoisotopic (exact) mass is 387 g/mol. The first-order valence-corrected chi connectivity index (χ1v) is 9.09. The molecular weight excluding hydrogens is 362 g/mol. The molecule has 9 nitrogen and oxygen atoms in total. The smallest absolute Gasteiger partial charge is 0.271 e. The van der Waals surface area contributed by atoms with Gasteiger partial charge in [0.1, 0.15) is 11.5 Å². The number of amides is 1. The maximum Gasteiger partial charge on any atom is 0.271 e. The number of ether oxygens (including phenoxy) is 3. The first kappa shape index (κ1) is 19.8.